The van der Waals surface area contributed by atoms with Gasteiger partial charge in [0, 0.05) is 8.95 Å². The van der Waals surface area contributed by atoms with E-state index >= 15 is 0 Å². The van der Waals surface area contributed by atoms with Gasteiger partial charge in [0.1, 0.15) is 5.76 Å². The molecule has 1 atom stereocenters. The number of furan rings is 1. The van der Waals surface area contributed by atoms with Crippen molar-refractivity contribution in [3.8, 4) is 0 Å². The Morgan fingerprint density at radius 3 is 2.41 bits per heavy atom. The molecule has 1 aromatic carbocycles. The van der Waals surface area contributed by atoms with Gasteiger partial charge in [0.25, 0.3) is 0 Å². The van der Waals surface area contributed by atoms with Gasteiger partial charge >= 0.3 is 0 Å². The van der Waals surface area contributed by atoms with Crippen LogP contribution < -0.4 is 5.32 Å². The van der Waals surface area contributed by atoms with E-state index < -0.39 is 0 Å². The lowest BCUT2D eigenvalue weighted by Gasteiger charge is -2.16. The van der Waals surface area contributed by atoms with Crippen LogP contribution in [-0.4, -0.2) is 7.05 Å². The zero-order chi connectivity index (χ0) is 12.4. The molecule has 1 heterocycles. The molecule has 0 amide bonds. The molecule has 1 unspecified atom stereocenters. The third-order valence-electron chi connectivity index (χ3n) is 2.47. The van der Waals surface area contributed by atoms with Gasteiger partial charge in [-0.05, 0) is 46.7 Å². The molecule has 0 aliphatic rings. The smallest absolute Gasteiger partial charge is 0.139 e. The highest BCUT2D eigenvalue weighted by Crippen LogP contribution is 2.34. The Labute approximate surface area is 125 Å². The van der Waals surface area contributed by atoms with Crippen LogP contribution in [0.5, 0.6) is 0 Å². The summed E-state index contributed by atoms with van der Waals surface area (Å²) < 4.78 is 8.56. The van der Waals surface area contributed by atoms with E-state index in [-0.39, 0.29) is 6.04 Å². The van der Waals surface area contributed by atoms with Gasteiger partial charge in [-0.25, -0.2) is 0 Å². The molecule has 5 heteroatoms. The van der Waals surface area contributed by atoms with Crippen molar-refractivity contribution in [1.29, 1.82) is 0 Å². The minimum absolute atomic E-state index is 0.0156. The zero-order valence-corrected chi connectivity index (χ0v) is 13.8. The molecular formula is C12H10Br3NO. The van der Waals surface area contributed by atoms with Gasteiger partial charge in [-0.15, -0.1) is 0 Å². The normalized spacial score (nSPS) is 12.7. The quantitative estimate of drug-likeness (QED) is 0.761. The third kappa shape index (κ3) is 2.84. The minimum atomic E-state index is 0.0156. The van der Waals surface area contributed by atoms with Crippen molar-refractivity contribution in [2.75, 3.05) is 7.05 Å². The number of halogens is 3. The van der Waals surface area contributed by atoms with E-state index in [1.807, 2.05) is 25.2 Å². The van der Waals surface area contributed by atoms with Crippen molar-refractivity contribution in [3.05, 3.63) is 55.3 Å². The topological polar surface area (TPSA) is 25.2 Å². The molecule has 2 aromatic rings. The summed E-state index contributed by atoms with van der Waals surface area (Å²) in [6, 6.07) is 8.01. The summed E-state index contributed by atoms with van der Waals surface area (Å²) in [5.41, 5.74) is 1.13. The zero-order valence-electron chi connectivity index (χ0n) is 9.01. The maximum absolute atomic E-state index is 5.52. The maximum atomic E-state index is 5.52. The summed E-state index contributed by atoms with van der Waals surface area (Å²) in [4.78, 5) is 0. The largest absolute Gasteiger partial charge is 0.466 e. The molecule has 0 aliphatic carbocycles. The molecule has 1 N–H and O–H groups in total. The summed E-state index contributed by atoms with van der Waals surface area (Å²) >= 11 is 10.5. The van der Waals surface area contributed by atoms with Crippen molar-refractivity contribution in [2.24, 2.45) is 0 Å². The second kappa shape index (κ2) is 5.69. The first-order chi connectivity index (χ1) is 8.13. The number of hydrogen-bond donors (Lipinski definition) is 1. The fraction of sp³-hybridized carbons (Fsp3) is 0.167. The molecule has 2 rings (SSSR count). The Balaban J connectivity index is 2.46. The lowest BCUT2D eigenvalue weighted by molar-refractivity contribution is 0.460. The van der Waals surface area contributed by atoms with Crippen molar-refractivity contribution < 1.29 is 4.42 Å². The first-order valence-electron chi connectivity index (χ1n) is 4.98. The van der Waals surface area contributed by atoms with Crippen LogP contribution in [0.2, 0.25) is 0 Å². The average Bonchev–Trinajstić information content (AvgIpc) is 2.69. The van der Waals surface area contributed by atoms with Crippen LogP contribution in [-0.2, 0) is 0 Å². The fourth-order valence-electron chi connectivity index (χ4n) is 1.67. The Hall–Kier alpha value is -0.100. The van der Waals surface area contributed by atoms with Crippen molar-refractivity contribution in [3.63, 3.8) is 0 Å². The van der Waals surface area contributed by atoms with Gasteiger partial charge in [-0.3, -0.25) is 0 Å². The Morgan fingerprint density at radius 1 is 1.12 bits per heavy atom. The average molecular weight is 424 g/mol. The third-order valence-corrected chi connectivity index (χ3v) is 4.30. The van der Waals surface area contributed by atoms with E-state index in [1.54, 1.807) is 6.26 Å². The molecule has 0 saturated carbocycles. The van der Waals surface area contributed by atoms with Crippen LogP contribution in [0, 0.1) is 0 Å². The highest BCUT2D eigenvalue weighted by atomic mass is 79.9. The van der Waals surface area contributed by atoms with Crippen LogP contribution in [0.4, 0.5) is 0 Å². The number of rotatable bonds is 3. The van der Waals surface area contributed by atoms with Gasteiger partial charge in [0.2, 0.25) is 0 Å². The lowest BCUT2D eigenvalue weighted by atomic mass is 10.1. The number of hydrogen-bond acceptors (Lipinski definition) is 2. The van der Waals surface area contributed by atoms with E-state index in [0.29, 0.717) is 0 Å². The molecule has 0 aliphatic heterocycles. The highest BCUT2D eigenvalue weighted by molar-refractivity contribution is 9.11. The second-order valence-corrected chi connectivity index (χ2v) is 6.14. The first-order valence-corrected chi connectivity index (χ1v) is 7.36. The maximum Gasteiger partial charge on any atom is 0.139 e. The number of benzene rings is 1. The SMILES string of the molecule is CNC(c1ccc(Br)cc1Br)c1occc1Br. The summed E-state index contributed by atoms with van der Waals surface area (Å²) in [6.45, 7) is 0. The Bertz CT molecular complexity index is 524. The van der Waals surface area contributed by atoms with Gasteiger partial charge in [0.15, 0.2) is 0 Å². The van der Waals surface area contributed by atoms with Gasteiger partial charge in [-0.2, -0.15) is 0 Å². The molecule has 0 radical (unpaired) electrons. The predicted octanol–water partition coefficient (Wildman–Crippen LogP) is 4.88. The van der Waals surface area contributed by atoms with Crippen LogP contribution in [0.25, 0.3) is 0 Å². The van der Waals surface area contributed by atoms with Gasteiger partial charge in [0.05, 0.1) is 16.8 Å². The monoisotopic (exact) mass is 421 g/mol. The standard InChI is InChI=1S/C12H10Br3NO/c1-16-11(12-9(14)4-5-17-12)8-3-2-7(13)6-10(8)15/h2-6,11,16H,1H3. The minimum Gasteiger partial charge on any atom is -0.466 e. The van der Waals surface area contributed by atoms with Crippen LogP contribution in [0.3, 0.4) is 0 Å². The van der Waals surface area contributed by atoms with Gasteiger partial charge < -0.3 is 9.73 Å². The first kappa shape index (κ1) is 13.3. The summed E-state index contributed by atoms with van der Waals surface area (Å²) in [6.07, 6.45) is 1.68. The van der Waals surface area contributed by atoms with Crippen LogP contribution in [0.15, 0.2) is 48.4 Å². The summed E-state index contributed by atoms with van der Waals surface area (Å²) in [7, 11) is 1.91. The van der Waals surface area contributed by atoms with Crippen molar-refractivity contribution >= 4 is 47.8 Å². The molecular weight excluding hydrogens is 414 g/mol. The van der Waals surface area contributed by atoms with Crippen molar-refractivity contribution in [1.82, 2.24) is 5.32 Å². The molecule has 17 heavy (non-hydrogen) atoms. The van der Waals surface area contributed by atoms with Gasteiger partial charge in [-0.1, -0.05) is 37.9 Å². The van der Waals surface area contributed by atoms with E-state index in [9.17, 15) is 0 Å². The number of nitrogens with one attached hydrogen (secondary N) is 1. The molecule has 0 spiro atoms. The summed E-state index contributed by atoms with van der Waals surface area (Å²) in [5, 5.41) is 3.25. The van der Waals surface area contributed by atoms with Crippen LogP contribution >= 0.6 is 47.8 Å². The molecule has 1 aromatic heterocycles. The Morgan fingerprint density at radius 2 is 1.88 bits per heavy atom. The van der Waals surface area contributed by atoms with E-state index in [4.69, 9.17) is 4.42 Å². The summed E-state index contributed by atoms with van der Waals surface area (Å²) in [5.74, 6) is 0.871. The lowest BCUT2D eigenvalue weighted by Crippen LogP contribution is -2.17. The molecule has 0 bridgehead atoms. The Kier molecular flexibility index (Phi) is 4.47. The van der Waals surface area contributed by atoms with E-state index in [1.165, 1.54) is 0 Å². The van der Waals surface area contributed by atoms with Crippen molar-refractivity contribution in [2.45, 2.75) is 6.04 Å². The molecule has 0 saturated heterocycles. The second-order valence-electron chi connectivity index (χ2n) is 3.52. The molecule has 0 fully saturated rings. The fourth-order valence-corrected chi connectivity index (χ4v) is 3.38. The van der Waals surface area contributed by atoms with E-state index in [2.05, 4.69) is 59.2 Å². The highest BCUT2D eigenvalue weighted by Gasteiger charge is 2.20. The molecule has 90 valence electrons. The molecule has 2 nitrogen and oxygen atoms in total. The van der Waals surface area contributed by atoms with E-state index in [0.717, 1.165) is 24.7 Å². The van der Waals surface area contributed by atoms with Crippen LogP contribution in [0.1, 0.15) is 17.4 Å². The predicted molar refractivity (Wildman–Crippen MR) is 79.2 cm³/mol.